The van der Waals surface area contributed by atoms with E-state index in [1.54, 1.807) is 13.0 Å². The van der Waals surface area contributed by atoms with Crippen molar-refractivity contribution in [3.63, 3.8) is 0 Å². The van der Waals surface area contributed by atoms with E-state index in [1.165, 1.54) is 11.3 Å². The Morgan fingerprint density at radius 1 is 1.10 bits per heavy atom. The van der Waals surface area contributed by atoms with Crippen LogP contribution in [-0.2, 0) is 23.3 Å². The minimum absolute atomic E-state index is 0.260. The molecule has 0 saturated carbocycles. The van der Waals surface area contributed by atoms with E-state index < -0.39 is 31.0 Å². The van der Waals surface area contributed by atoms with Crippen LogP contribution in [0.4, 0.5) is 0 Å². The Balaban J connectivity index is 2.34. The van der Waals surface area contributed by atoms with E-state index in [-0.39, 0.29) is 6.61 Å². The van der Waals surface area contributed by atoms with Gasteiger partial charge in [0, 0.05) is 19.8 Å². The third-order valence-corrected chi connectivity index (χ3v) is 9.86. The number of rotatable bonds is 14. The van der Waals surface area contributed by atoms with Gasteiger partial charge in [-0.2, -0.15) is 0 Å². The normalized spacial score (nSPS) is 31.8. The molecule has 1 saturated heterocycles. The van der Waals surface area contributed by atoms with E-state index in [9.17, 15) is 9.67 Å². The first-order valence-electron chi connectivity index (χ1n) is 11.3. The fourth-order valence-electron chi connectivity index (χ4n) is 3.48. The molecule has 8 heteroatoms. The zero-order valence-corrected chi connectivity index (χ0v) is 20.6. The first kappa shape index (κ1) is 26.0. The third-order valence-electron chi connectivity index (χ3n) is 5.41. The highest BCUT2D eigenvalue weighted by Crippen LogP contribution is 2.64. The van der Waals surface area contributed by atoms with Crippen LogP contribution in [0.15, 0.2) is 17.5 Å². The van der Waals surface area contributed by atoms with Crippen LogP contribution in [0.1, 0.15) is 66.2 Å². The Morgan fingerprint density at radius 2 is 1.73 bits per heavy atom. The second-order valence-corrected chi connectivity index (χ2v) is 12.0. The van der Waals surface area contributed by atoms with E-state index in [1.807, 2.05) is 11.4 Å². The Kier molecular flexibility index (Phi) is 11.0. The summed E-state index contributed by atoms with van der Waals surface area (Å²) in [6, 6.07) is 3.58. The summed E-state index contributed by atoms with van der Waals surface area (Å²) in [7, 11) is -3.62. The second-order valence-electron chi connectivity index (χ2n) is 8.00. The van der Waals surface area contributed by atoms with Gasteiger partial charge in [0.2, 0.25) is 0 Å². The minimum Gasteiger partial charge on any atom is -0.379 e. The van der Waals surface area contributed by atoms with Crippen molar-refractivity contribution < 1.29 is 28.4 Å². The molecule has 1 N–H and O–H groups in total. The predicted octanol–water partition coefficient (Wildman–Crippen LogP) is 4.95. The van der Waals surface area contributed by atoms with Gasteiger partial charge in [0.1, 0.15) is 18.3 Å². The van der Waals surface area contributed by atoms with Crippen LogP contribution in [0.3, 0.4) is 0 Å². The lowest BCUT2D eigenvalue weighted by Crippen LogP contribution is -2.61. The first-order valence-corrected chi connectivity index (χ1v) is 13.8. The van der Waals surface area contributed by atoms with Crippen molar-refractivity contribution in [3.05, 3.63) is 17.5 Å². The fourth-order valence-corrected chi connectivity index (χ4v) is 7.52. The van der Waals surface area contributed by atoms with Gasteiger partial charge >= 0.3 is 0 Å². The third kappa shape index (κ3) is 6.16. The Labute approximate surface area is 185 Å². The molecule has 0 aromatic carbocycles. The van der Waals surface area contributed by atoms with Crippen LogP contribution in [-0.4, -0.2) is 55.2 Å². The molecule has 2 heterocycles. The van der Waals surface area contributed by atoms with Gasteiger partial charge in [0.25, 0.3) is 7.37 Å². The van der Waals surface area contributed by atoms with Crippen LogP contribution in [0, 0.1) is 0 Å². The minimum atomic E-state index is -3.62. The molecule has 1 aromatic rings. The van der Waals surface area contributed by atoms with E-state index in [0.29, 0.717) is 24.4 Å². The first-order chi connectivity index (χ1) is 14.4. The monoisotopic (exact) mass is 462 g/mol. The van der Waals surface area contributed by atoms with E-state index in [0.717, 1.165) is 38.5 Å². The molecule has 0 aliphatic carbocycles. The van der Waals surface area contributed by atoms with Gasteiger partial charge in [-0.1, -0.05) is 46.1 Å². The molecule has 1 aliphatic rings. The number of unbranched alkanes of at least 4 members (excludes halogenated alkanes) is 3. The molecule has 30 heavy (non-hydrogen) atoms. The fraction of sp³-hybridized carbons (Fsp3) is 0.818. The van der Waals surface area contributed by atoms with Gasteiger partial charge in [0.15, 0.2) is 5.34 Å². The molecule has 2 rings (SSSR count). The van der Waals surface area contributed by atoms with Gasteiger partial charge in [-0.15, -0.1) is 11.3 Å². The van der Waals surface area contributed by atoms with Crippen molar-refractivity contribution in [3.8, 4) is 0 Å². The predicted molar refractivity (Wildman–Crippen MR) is 122 cm³/mol. The van der Waals surface area contributed by atoms with E-state index in [4.69, 9.17) is 18.7 Å². The summed E-state index contributed by atoms with van der Waals surface area (Å²) in [5.41, 5.74) is 0. The second kappa shape index (κ2) is 12.7. The van der Waals surface area contributed by atoms with Crippen LogP contribution in [0.5, 0.6) is 0 Å². The van der Waals surface area contributed by atoms with E-state index >= 15 is 0 Å². The van der Waals surface area contributed by atoms with Crippen LogP contribution in [0.2, 0.25) is 0 Å². The van der Waals surface area contributed by atoms with Crippen molar-refractivity contribution in [2.75, 3.05) is 26.4 Å². The molecule has 174 valence electrons. The SMILES string of the molecule is CCCCOC[C@H]1OP(=O)(c2cccs2)C(C)(O)[C@@H](OCCCC)[C@@H]1OCCCC. The maximum Gasteiger partial charge on any atom is 0.275 e. The molecule has 1 aliphatic heterocycles. The summed E-state index contributed by atoms with van der Waals surface area (Å²) in [6.07, 6.45) is 3.82. The van der Waals surface area contributed by atoms with Crippen molar-refractivity contribution in [1.29, 1.82) is 0 Å². The highest BCUT2D eigenvalue weighted by Gasteiger charge is 2.62. The maximum absolute atomic E-state index is 14.1. The number of hydrogen-bond donors (Lipinski definition) is 1. The molecule has 6 nitrogen and oxygen atoms in total. The highest BCUT2D eigenvalue weighted by molar-refractivity contribution is 7.74. The lowest BCUT2D eigenvalue weighted by molar-refractivity contribution is -0.189. The number of aliphatic hydroxyl groups is 1. The molecule has 0 bridgehead atoms. The lowest BCUT2D eigenvalue weighted by atomic mass is 10.0. The molecule has 1 fully saturated rings. The van der Waals surface area contributed by atoms with Gasteiger partial charge in [-0.3, -0.25) is 4.57 Å². The quantitative estimate of drug-likeness (QED) is 0.312. The Hall–Kier alpha value is -0.270. The average molecular weight is 463 g/mol. The lowest BCUT2D eigenvalue weighted by Gasteiger charge is -2.49. The summed E-state index contributed by atoms with van der Waals surface area (Å²) >= 11 is 1.33. The summed E-state index contributed by atoms with van der Waals surface area (Å²) in [6.45, 7) is 9.73. The summed E-state index contributed by atoms with van der Waals surface area (Å²) in [4.78, 5) is 0. The Bertz CT molecular complexity index is 636. The number of ether oxygens (including phenoxy) is 3. The molecule has 0 radical (unpaired) electrons. The van der Waals surface area contributed by atoms with Crippen LogP contribution < -0.4 is 4.62 Å². The van der Waals surface area contributed by atoms with Crippen molar-refractivity contribution in [2.45, 2.75) is 89.9 Å². The average Bonchev–Trinajstić information content (AvgIpc) is 3.26. The Morgan fingerprint density at radius 3 is 2.33 bits per heavy atom. The summed E-state index contributed by atoms with van der Waals surface area (Å²) in [5, 5.41) is 11.7. The molecule has 1 aromatic heterocycles. The van der Waals surface area contributed by atoms with Gasteiger partial charge in [0.05, 0.1) is 11.2 Å². The molecular weight excluding hydrogens is 423 g/mol. The topological polar surface area (TPSA) is 74.2 Å². The van der Waals surface area contributed by atoms with Crippen molar-refractivity contribution >= 4 is 23.3 Å². The van der Waals surface area contributed by atoms with Crippen LogP contribution >= 0.6 is 18.7 Å². The highest BCUT2D eigenvalue weighted by atomic mass is 32.1. The van der Waals surface area contributed by atoms with Gasteiger partial charge in [-0.05, 0) is 37.6 Å². The zero-order valence-electron chi connectivity index (χ0n) is 18.9. The smallest absolute Gasteiger partial charge is 0.275 e. The molecule has 0 spiro atoms. The standard InChI is InChI=1S/C22H39O6PS/c1-5-8-13-25-17-18-20(26-14-9-6-2)21(27-15-10-7-3)22(4,23)29(24,28-18)19-12-11-16-30-19/h11-12,16,18,20-21,23H,5-10,13-15,17H2,1-4H3/t18-,20-,21+,22?,29?/m1/s1. The van der Waals surface area contributed by atoms with Gasteiger partial charge in [-0.25, -0.2) is 0 Å². The van der Waals surface area contributed by atoms with Gasteiger partial charge < -0.3 is 23.8 Å². The largest absolute Gasteiger partial charge is 0.379 e. The van der Waals surface area contributed by atoms with E-state index in [2.05, 4.69) is 20.8 Å². The molecular formula is C22H39O6PS. The summed E-state index contributed by atoms with van der Waals surface area (Å²) < 4.78 is 39.0. The molecule has 2 unspecified atom stereocenters. The van der Waals surface area contributed by atoms with Crippen molar-refractivity contribution in [2.24, 2.45) is 0 Å². The van der Waals surface area contributed by atoms with Crippen LogP contribution in [0.25, 0.3) is 0 Å². The molecule has 0 amide bonds. The molecule has 5 atom stereocenters. The number of hydrogen-bond acceptors (Lipinski definition) is 7. The maximum atomic E-state index is 14.1. The number of thiophene rings is 1. The van der Waals surface area contributed by atoms with Crippen molar-refractivity contribution in [1.82, 2.24) is 0 Å². The summed E-state index contributed by atoms with van der Waals surface area (Å²) in [5.74, 6) is 0. The zero-order chi connectivity index (χ0) is 22.0.